The second-order valence-electron chi connectivity index (χ2n) is 5.65. The quantitative estimate of drug-likeness (QED) is 0.657. The van der Waals surface area contributed by atoms with Crippen LogP contribution >= 0.6 is 0 Å². The van der Waals surface area contributed by atoms with Gasteiger partial charge in [0.1, 0.15) is 5.82 Å². The van der Waals surface area contributed by atoms with Gasteiger partial charge in [0.15, 0.2) is 0 Å². The van der Waals surface area contributed by atoms with E-state index in [-0.39, 0.29) is 12.0 Å². The van der Waals surface area contributed by atoms with Crippen LogP contribution in [0.4, 0.5) is 10.6 Å². The van der Waals surface area contributed by atoms with E-state index in [0.717, 1.165) is 24.2 Å². The minimum absolute atomic E-state index is 0.272. The number of carbonyl (C=O) groups excluding carboxylic acids is 1. The van der Waals surface area contributed by atoms with Crippen molar-refractivity contribution in [2.75, 3.05) is 31.6 Å². The molecule has 1 aliphatic rings. The Kier molecular flexibility index (Phi) is 6.17. The zero-order chi connectivity index (χ0) is 17.5. The van der Waals surface area contributed by atoms with E-state index < -0.39 is 6.09 Å². The lowest BCUT2D eigenvalue weighted by atomic mass is 10.0. The zero-order valence-corrected chi connectivity index (χ0v) is 14.0. The van der Waals surface area contributed by atoms with Crippen LogP contribution in [-0.4, -0.2) is 59.8 Å². The van der Waals surface area contributed by atoms with Gasteiger partial charge in [-0.2, -0.15) is 0 Å². The summed E-state index contributed by atoms with van der Waals surface area (Å²) in [6, 6.07) is 4.06. The summed E-state index contributed by atoms with van der Waals surface area (Å²) in [4.78, 5) is 30.2. The average Bonchev–Trinajstić information content (AvgIpc) is 2.60. The normalized spacial score (nSPS) is 15.5. The summed E-state index contributed by atoms with van der Waals surface area (Å²) >= 11 is 0. The third-order valence-corrected chi connectivity index (χ3v) is 4.11. The van der Waals surface area contributed by atoms with Crippen molar-refractivity contribution in [2.24, 2.45) is 0 Å². The molecule has 1 amide bonds. The van der Waals surface area contributed by atoms with Crippen molar-refractivity contribution >= 4 is 24.0 Å². The minimum Gasteiger partial charge on any atom is -0.465 e. The Balaban J connectivity index is 1.93. The van der Waals surface area contributed by atoms with Crippen LogP contribution in [0.15, 0.2) is 24.4 Å². The Hall–Kier alpha value is -2.57. The number of piperidine rings is 1. The lowest BCUT2D eigenvalue weighted by Crippen LogP contribution is -2.45. The molecule has 1 saturated heterocycles. The number of carbonyl (C=O) groups is 2. The first kappa shape index (κ1) is 17.8. The fourth-order valence-electron chi connectivity index (χ4n) is 2.69. The highest BCUT2D eigenvalue weighted by Gasteiger charge is 2.25. The molecule has 1 fully saturated rings. The predicted octanol–water partition coefficient (Wildman–Crippen LogP) is 2.24. The van der Waals surface area contributed by atoms with Crippen molar-refractivity contribution in [3.63, 3.8) is 0 Å². The maximum Gasteiger partial charge on any atom is 0.407 e. The molecule has 0 bridgehead atoms. The molecule has 1 aliphatic heterocycles. The van der Waals surface area contributed by atoms with Crippen LogP contribution in [0.5, 0.6) is 0 Å². The molecule has 7 nitrogen and oxygen atoms in total. The molecule has 0 atom stereocenters. The van der Waals surface area contributed by atoms with E-state index in [9.17, 15) is 9.59 Å². The van der Waals surface area contributed by atoms with Gasteiger partial charge in [0.25, 0.3) is 0 Å². The van der Waals surface area contributed by atoms with Crippen molar-refractivity contribution < 1.29 is 19.4 Å². The van der Waals surface area contributed by atoms with E-state index in [0.29, 0.717) is 19.7 Å². The van der Waals surface area contributed by atoms with E-state index in [2.05, 4.69) is 9.88 Å². The summed E-state index contributed by atoms with van der Waals surface area (Å²) in [7, 11) is 1.97. The number of aromatic nitrogens is 1. The molecular formula is C17H23N3O4. The fourth-order valence-corrected chi connectivity index (χ4v) is 2.69. The topological polar surface area (TPSA) is 83.0 Å². The van der Waals surface area contributed by atoms with Crippen molar-refractivity contribution in [3.8, 4) is 0 Å². The molecule has 1 aromatic heterocycles. The Bertz CT molecular complexity index is 592. The summed E-state index contributed by atoms with van der Waals surface area (Å²) in [6.45, 7) is 3.21. The molecule has 0 aliphatic carbocycles. The molecule has 0 radical (unpaired) electrons. The van der Waals surface area contributed by atoms with Gasteiger partial charge in [0.05, 0.1) is 6.61 Å². The SMILES string of the molecule is CCOC(=O)/C=C/c1ccc(N(C)C2CCN(C(=O)O)CC2)nc1. The molecule has 1 aromatic rings. The minimum atomic E-state index is -0.855. The summed E-state index contributed by atoms with van der Waals surface area (Å²) < 4.78 is 4.83. The van der Waals surface area contributed by atoms with Crippen molar-refractivity contribution in [1.82, 2.24) is 9.88 Å². The second-order valence-corrected chi connectivity index (χ2v) is 5.65. The van der Waals surface area contributed by atoms with E-state index >= 15 is 0 Å². The van der Waals surface area contributed by atoms with Crippen molar-refractivity contribution in [3.05, 3.63) is 30.0 Å². The first-order chi connectivity index (χ1) is 11.5. The molecule has 2 heterocycles. The van der Waals surface area contributed by atoms with Crippen LogP contribution in [0.1, 0.15) is 25.3 Å². The maximum absolute atomic E-state index is 11.3. The van der Waals surface area contributed by atoms with Crippen molar-refractivity contribution in [2.45, 2.75) is 25.8 Å². The van der Waals surface area contributed by atoms with Crippen LogP contribution in [-0.2, 0) is 9.53 Å². The van der Waals surface area contributed by atoms with E-state index in [4.69, 9.17) is 9.84 Å². The highest BCUT2D eigenvalue weighted by Crippen LogP contribution is 2.21. The number of hydrogen-bond acceptors (Lipinski definition) is 5. The van der Waals surface area contributed by atoms with E-state index in [1.807, 2.05) is 19.2 Å². The number of likely N-dealkylation sites (tertiary alicyclic amines) is 1. The Morgan fingerprint density at radius 2 is 2.12 bits per heavy atom. The van der Waals surface area contributed by atoms with Gasteiger partial charge in [-0.15, -0.1) is 0 Å². The second kappa shape index (κ2) is 8.33. The molecule has 0 unspecified atom stereocenters. The van der Waals surface area contributed by atoms with Crippen LogP contribution in [0.25, 0.3) is 6.08 Å². The number of amides is 1. The number of hydrogen-bond donors (Lipinski definition) is 1. The number of rotatable bonds is 5. The number of ether oxygens (including phenoxy) is 1. The van der Waals surface area contributed by atoms with Gasteiger partial charge in [-0.1, -0.05) is 0 Å². The first-order valence-corrected chi connectivity index (χ1v) is 8.03. The summed E-state index contributed by atoms with van der Waals surface area (Å²) in [5.41, 5.74) is 0.820. The number of pyridine rings is 1. The Labute approximate surface area is 141 Å². The highest BCUT2D eigenvalue weighted by molar-refractivity contribution is 5.86. The number of esters is 1. The van der Waals surface area contributed by atoms with Gasteiger partial charge in [0.2, 0.25) is 0 Å². The predicted molar refractivity (Wildman–Crippen MR) is 90.9 cm³/mol. The molecular weight excluding hydrogens is 310 g/mol. The number of carboxylic acid groups (broad SMARTS) is 1. The summed E-state index contributed by atoms with van der Waals surface area (Å²) in [5, 5.41) is 8.99. The molecule has 0 saturated carbocycles. The maximum atomic E-state index is 11.3. The smallest absolute Gasteiger partial charge is 0.407 e. The standard InChI is InChI=1S/C17H23N3O4/c1-3-24-16(21)7-5-13-4-6-15(18-12-13)19(2)14-8-10-20(11-9-14)17(22)23/h4-7,12,14H,3,8-11H2,1-2H3,(H,22,23)/b7-5+. The lowest BCUT2D eigenvalue weighted by Gasteiger charge is -2.36. The van der Waals surface area contributed by atoms with Gasteiger partial charge in [-0.25, -0.2) is 14.6 Å². The highest BCUT2D eigenvalue weighted by atomic mass is 16.5. The Morgan fingerprint density at radius 3 is 2.67 bits per heavy atom. The third-order valence-electron chi connectivity index (χ3n) is 4.11. The van der Waals surface area contributed by atoms with E-state index in [1.165, 1.54) is 11.0 Å². The molecule has 24 heavy (non-hydrogen) atoms. The van der Waals surface area contributed by atoms with Gasteiger partial charge < -0.3 is 19.6 Å². The van der Waals surface area contributed by atoms with Gasteiger partial charge in [0, 0.05) is 38.5 Å². The van der Waals surface area contributed by atoms with Gasteiger partial charge >= 0.3 is 12.1 Å². The molecule has 0 aromatic carbocycles. The number of nitrogens with zero attached hydrogens (tertiary/aromatic N) is 3. The third kappa shape index (κ3) is 4.71. The van der Waals surface area contributed by atoms with Gasteiger partial charge in [-0.05, 0) is 43.5 Å². The van der Waals surface area contributed by atoms with Gasteiger partial charge in [-0.3, -0.25) is 0 Å². The summed E-state index contributed by atoms with van der Waals surface area (Å²) in [5.74, 6) is 0.459. The largest absolute Gasteiger partial charge is 0.465 e. The molecule has 7 heteroatoms. The van der Waals surface area contributed by atoms with Crippen LogP contribution in [0.2, 0.25) is 0 Å². The van der Waals surface area contributed by atoms with Crippen LogP contribution in [0.3, 0.4) is 0 Å². The zero-order valence-electron chi connectivity index (χ0n) is 14.0. The average molecular weight is 333 g/mol. The van der Waals surface area contributed by atoms with Crippen LogP contribution in [0, 0.1) is 0 Å². The number of anilines is 1. The molecule has 130 valence electrons. The first-order valence-electron chi connectivity index (χ1n) is 8.03. The van der Waals surface area contributed by atoms with E-state index in [1.54, 1.807) is 19.2 Å². The monoisotopic (exact) mass is 333 g/mol. The molecule has 2 rings (SSSR count). The Morgan fingerprint density at radius 1 is 1.42 bits per heavy atom. The van der Waals surface area contributed by atoms with Crippen LogP contribution < -0.4 is 4.90 Å². The molecule has 1 N–H and O–H groups in total. The lowest BCUT2D eigenvalue weighted by molar-refractivity contribution is -0.137. The fraction of sp³-hybridized carbons (Fsp3) is 0.471. The summed E-state index contributed by atoms with van der Waals surface area (Å²) in [6.07, 6.45) is 5.47. The molecule has 0 spiro atoms. The van der Waals surface area contributed by atoms with Crippen molar-refractivity contribution in [1.29, 1.82) is 0 Å².